The normalized spacial score (nSPS) is 14.3. The number of hydrogen-bond acceptors (Lipinski definition) is 7. The molecule has 294 valence electrons. The molecule has 7 aromatic rings. The summed E-state index contributed by atoms with van der Waals surface area (Å²) in [4.78, 5) is 18.4. The summed E-state index contributed by atoms with van der Waals surface area (Å²) in [6, 6.07) is 48.5. The zero-order valence-corrected chi connectivity index (χ0v) is 32.4. The molecule has 0 unspecified atom stereocenters. The Balaban J connectivity index is 1.50. The molecule has 1 aromatic heterocycles. The van der Waals surface area contributed by atoms with E-state index in [2.05, 4.69) is 52.4 Å². The molecule has 0 spiro atoms. The molecule has 1 fully saturated rings. The minimum absolute atomic E-state index is 0.0256. The van der Waals surface area contributed by atoms with Crippen LogP contribution < -0.4 is 20.5 Å². The summed E-state index contributed by atoms with van der Waals surface area (Å²) in [5.41, 5.74) is 10.0. The summed E-state index contributed by atoms with van der Waals surface area (Å²) < 4.78 is 37.7. The maximum Gasteiger partial charge on any atom is 0.249 e. The third kappa shape index (κ3) is 7.64. The second kappa shape index (κ2) is 17.1. The number of halogens is 1. The van der Waals surface area contributed by atoms with Gasteiger partial charge in [-0.1, -0.05) is 109 Å². The van der Waals surface area contributed by atoms with Crippen molar-refractivity contribution in [2.75, 3.05) is 18.5 Å². The number of primary amides is 1. The lowest BCUT2D eigenvalue weighted by Gasteiger charge is -2.39. The van der Waals surface area contributed by atoms with Gasteiger partial charge in [-0.05, 0) is 66.4 Å². The van der Waals surface area contributed by atoms with E-state index in [9.17, 15) is 10.1 Å². The van der Waals surface area contributed by atoms with Crippen LogP contribution in [-0.2, 0) is 10.3 Å². The van der Waals surface area contributed by atoms with Crippen molar-refractivity contribution in [1.29, 1.82) is 5.26 Å². The van der Waals surface area contributed by atoms with Crippen LogP contribution >= 0.6 is 0 Å². The van der Waals surface area contributed by atoms with E-state index in [1.54, 1.807) is 54.6 Å². The first-order chi connectivity index (χ1) is 28.9. The van der Waals surface area contributed by atoms with Gasteiger partial charge in [0.15, 0.2) is 17.9 Å². The van der Waals surface area contributed by atoms with Gasteiger partial charge < -0.3 is 29.8 Å². The molecule has 59 heavy (non-hydrogen) atoms. The standard InChI is InChI=1S/C49H42FN5O4/c1-2-57-38-29-41(45(50)43(30-38)59-44-23-14-28-58-44)46(53-37-26-24-33(31-51)25-27-37)48-54-42(39-21-12-13-22-40(39)47(52)56)32-55(48)49(34-15-6-3-7-16-34,35-17-8-4-9-18-35)36-19-10-5-11-20-36/h3-13,15-22,24-27,29-30,32,44,46,53H,2,14,23,28H2,1H3,(H2,52,56)/t44-,46-/m0/s1. The minimum Gasteiger partial charge on any atom is -0.494 e. The molecule has 0 bridgehead atoms. The second-order valence-corrected chi connectivity index (χ2v) is 14.2. The molecule has 3 N–H and O–H groups in total. The molecule has 10 heteroatoms. The van der Waals surface area contributed by atoms with Crippen molar-refractivity contribution in [3.63, 3.8) is 0 Å². The summed E-state index contributed by atoms with van der Waals surface area (Å²) in [6.45, 7) is 2.69. The van der Waals surface area contributed by atoms with Gasteiger partial charge in [-0.15, -0.1) is 0 Å². The topological polar surface area (TPSA) is 124 Å². The summed E-state index contributed by atoms with van der Waals surface area (Å²) in [5, 5.41) is 13.2. The zero-order valence-electron chi connectivity index (χ0n) is 32.4. The lowest BCUT2D eigenvalue weighted by molar-refractivity contribution is -0.0413. The molecular weight excluding hydrogens is 742 g/mol. The van der Waals surface area contributed by atoms with Crippen LogP contribution in [0.25, 0.3) is 11.3 Å². The highest BCUT2D eigenvalue weighted by molar-refractivity contribution is 5.99. The van der Waals surface area contributed by atoms with Crippen LogP contribution in [0.3, 0.4) is 0 Å². The maximum absolute atomic E-state index is 17.6. The number of benzene rings is 6. The van der Waals surface area contributed by atoms with Crippen molar-refractivity contribution in [2.24, 2.45) is 5.73 Å². The van der Waals surface area contributed by atoms with Crippen LogP contribution in [0.4, 0.5) is 10.1 Å². The minimum atomic E-state index is -1.12. The van der Waals surface area contributed by atoms with Crippen LogP contribution in [0.5, 0.6) is 11.5 Å². The fourth-order valence-corrected chi connectivity index (χ4v) is 7.88. The number of carbonyl (C=O) groups is 1. The number of imidazole rings is 1. The van der Waals surface area contributed by atoms with E-state index in [1.165, 1.54) is 0 Å². The highest BCUT2D eigenvalue weighted by Gasteiger charge is 2.42. The molecule has 0 radical (unpaired) electrons. The zero-order chi connectivity index (χ0) is 40.8. The number of nitrogens with two attached hydrogens (primary N) is 1. The van der Waals surface area contributed by atoms with Crippen molar-refractivity contribution in [3.8, 4) is 28.8 Å². The predicted molar refractivity (Wildman–Crippen MR) is 225 cm³/mol. The van der Waals surface area contributed by atoms with Gasteiger partial charge >= 0.3 is 0 Å². The summed E-state index contributed by atoms with van der Waals surface area (Å²) in [6.07, 6.45) is 2.69. The van der Waals surface area contributed by atoms with Crippen molar-refractivity contribution < 1.29 is 23.4 Å². The molecule has 9 nitrogen and oxygen atoms in total. The van der Waals surface area contributed by atoms with Crippen LogP contribution in [-0.4, -0.2) is 35.0 Å². The Morgan fingerprint density at radius 2 is 1.53 bits per heavy atom. The van der Waals surface area contributed by atoms with E-state index in [4.69, 9.17) is 24.9 Å². The monoisotopic (exact) mass is 783 g/mol. The Labute approximate surface area is 342 Å². The van der Waals surface area contributed by atoms with E-state index in [0.717, 1.165) is 23.1 Å². The molecular formula is C49H42FN5O4. The second-order valence-electron chi connectivity index (χ2n) is 14.2. The van der Waals surface area contributed by atoms with Gasteiger partial charge in [0.1, 0.15) is 23.2 Å². The molecule has 1 amide bonds. The number of anilines is 1. The van der Waals surface area contributed by atoms with Gasteiger partial charge in [0.25, 0.3) is 0 Å². The Kier molecular flexibility index (Phi) is 11.2. The fourth-order valence-electron chi connectivity index (χ4n) is 7.88. The van der Waals surface area contributed by atoms with Crippen LogP contribution in [0.2, 0.25) is 0 Å². The highest BCUT2D eigenvalue weighted by Crippen LogP contribution is 2.46. The summed E-state index contributed by atoms with van der Waals surface area (Å²) in [7, 11) is 0. The number of nitrogens with one attached hydrogen (secondary N) is 1. The molecule has 0 saturated carbocycles. The van der Waals surface area contributed by atoms with Gasteiger partial charge in [0.05, 0.1) is 30.5 Å². The molecule has 1 saturated heterocycles. The van der Waals surface area contributed by atoms with Crippen LogP contribution in [0, 0.1) is 17.1 Å². The van der Waals surface area contributed by atoms with E-state index in [1.807, 2.05) is 73.8 Å². The number of amides is 1. The van der Waals surface area contributed by atoms with Gasteiger partial charge in [0, 0.05) is 41.1 Å². The van der Waals surface area contributed by atoms with E-state index >= 15 is 4.39 Å². The first-order valence-electron chi connectivity index (χ1n) is 19.6. The molecule has 2 atom stereocenters. The van der Waals surface area contributed by atoms with Crippen LogP contribution in [0.1, 0.15) is 69.8 Å². The van der Waals surface area contributed by atoms with Gasteiger partial charge in [0.2, 0.25) is 5.91 Å². The average molecular weight is 784 g/mol. The van der Waals surface area contributed by atoms with Crippen molar-refractivity contribution in [3.05, 3.63) is 203 Å². The maximum atomic E-state index is 17.6. The van der Waals surface area contributed by atoms with Crippen LogP contribution in [0.15, 0.2) is 158 Å². The van der Waals surface area contributed by atoms with Crippen molar-refractivity contribution in [1.82, 2.24) is 9.55 Å². The number of hydrogen-bond donors (Lipinski definition) is 2. The third-order valence-electron chi connectivity index (χ3n) is 10.5. The number of nitriles is 1. The Morgan fingerprint density at radius 1 is 0.915 bits per heavy atom. The SMILES string of the molecule is CCOc1cc(O[C@H]2CCCO2)c(F)c([C@H](Nc2ccc(C#N)cc2)c2nc(-c3ccccc3C(N)=O)cn2C(c2ccccc2)(c2ccccc2)c2ccccc2)c1. The van der Waals surface area contributed by atoms with E-state index in [0.29, 0.717) is 53.7 Å². The smallest absolute Gasteiger partial charge is 0.249 e. The number of rotatable bonds is 14. The third-order valence-corrected chi connectivity index (χ3v) is 10.5. The van der Waals surface area contributed by atoms with Crippen molar-refractivity contribution in [2.45, 2.75) is 37.6 Å². The molecule has 0 aliphatic carbocycles. The Hall–Kier alpha value is -7.22. The number of carbonyl (C=O) groups excluding carboxylic acids is 1. The lowest BCUT2D eigenvalue weighted by atomic mass is 9.76. The Bertz CT molecular complexity index is 2490. The quantitative estimate of drug-likeness (QED) is 0.105. The highest BCUT2D eigenvalue weighted by atomic mass is 19.1. The molecule has 1 aliphatic rings. The van der Waals surface area contributed by atoms with E-state index < -0.39 is 29.6 Å². The molecule has 6 aromatic carbocycles. The molecule has 1 aliphatic heterocycles. The average Bonchev–Trinajstić information content (AvgIpc) is 3.97. The lowest BCUT2D eigenvalue weighted by Crippen LogP contribution is -2.39. The summed E-state index contributed by atoms with van der Waals surface area (Å²) in [5.74, 6) is -0.497. The Morgan fingerprint density at radius 3 is 2.08 bits per heavy atom. The number of aromatic nitrogens is 2. The molecule has 2 heterocycles. The van der Waals surface area contributed by atoms with Gasteiger partial charge in [-0.3, -0.25) is 4.79 Å². The first-order valence-corrected chi connectivity index (χ1v) is 19.6. The molecule has 8 rings (SSSR count). The summed E-state index contributed by atoms with van der Waals surface area (Å²) >= 11 is 0. The van der Waals surface area contributed by atoms with Gasteiger partial charge in [-0.25, -0.2) is 9.37 Å². The van der Waals surface area contributed by atoms with Crippen molar-refractivity contribution >= 4 is 11.6 Å². The predicted octanol–water partition coefficient (Wildman–Crippen LogP) is 9.62. The number of ether oxygens (including phenoxy) is 3. The van der Waals surface area contributed by atoms with E-state index in [-0.39, 0.29) is 16.9 Å². The number of nitrogens with zero attached hydrogens (tertiary/aromatic N) is 3. The largest absolute Gasteiger partial charge is 0.494 e. The van der Waals surface area contributed by atoms with Gasteiger partial charge in [-0.2, -0.15) is 5.26 Å². The first kappa shape index (κ1) is 38.6. The fraction of sp³-hybridized carbons (Fsp3) is 0.163.